The van der Waals surface area contributed by atoms with Gasteiger partial charge in [-0.1, -0.05) is 26.0 Å². The number of amides is 1. The van der Waals surface area contributed by atoms with Gasteiger partial charge in [0.05, 0.1) is 0 Å². The van der Waals surface area contributed by atoms with Crippen LogP contribution in [0.4, 0.5) is 5.69 Å². The summed E-state index contributed by atoms with van der Waals surface area (Å²) in [5.74, 6) is 0.577. The lowest BCUT2D eigenvalue weighted by atomic mass is 10.0. The number of rotatable bonds is 9. The van der Waals surface area contributed by atoms with Gasteiger partial charge in [0.25, 0.3) is 0 Å². The molecule has 4 nitrogen and oxygen atoms in total. The molecule has 0 aliphatic rings. The minimum Gasteiger partial charge on any atom is -0.326 e. The molecule has 2 N–H and O–H groups in total. The van der Waals surface area contributed by atoms with Crippen molar-refractivity contribution in [1.82, 2.24) is 10.2 Å². The van der Waals surface area contributed by atoms with Crippen LogP contribution in [0.3, 0.4) is 0 Å². The van der Waals surface area contributed by atoms with Crippen molar-refractivity contribution < 1.29 is 4.79 Å². The maximum Gasteiger partial charge on any atom is 0.225 e. The highest BCUT2D eigenvalue weighted by molar-refractivity contribution is 5.90. The third-order valence-electron chi connectivity index (χ3n) is 3.35. The third kappa shape index (κ3) is 7.83. The van der Waals surface area contributed by atoms with Gasteiger partial charge in [0, 0.05) is 18.7 Å². The molecule has 0 fully saturated rings. The van der Waals surface area contributed by atoms with Gasteiger partial charge in [0.1, 0.15) is 0 Å². The van der Waals surface area contributed by atoms with Crippen LogP contribution in [0.5, 0.6) is 0 Å². The van der Waals surface area contributed by atoms with Crippen LogP contribution in [0.25, 0.3) is 0 Å². The van der Waals surface area contributed by atoms with E-state index in [4.69, 9.17) is 0 Å². The number of benzene rings is 1. The monoisotopic (exact) mass is 291 g/mol. The van der Waals surface area contributed by atoms with Crippen LogP contribution < -0.4 is 10.6 Å². The molecule has 1 rings (SSSR count). The Balaban J connectivity index is 2.18. The molecular weight excluding hydrogens is 262 g/mol. The van der Waals surface area contributed by atoms with Gasteiger partial charge < -0.3 is 15.5 Å². The van der Waals surface area contributed by atoms with E-state index in [9.17, 15) is 4.79 Å². The predicted molar refractivity (Wildman–Crippen MR) is 89.8 cm³/mol. The Bertz CT molecular complexity index is 413. The molecule has 0 atom stereocenters. The van der Waals surface area contributed by atoms with E-state index in [1.54, 1.807) is 0 Å². The van der Waals surface area contributed by atoms with E-state index < -0.39 is 0 Å². The van der Waals surface area contributed by atoms with Gasteiger partial charge in [-0.25, -0.2) is 0 Å². The molecule has 1 aromatic rings. The van der Waals surface area contributed by atoms with Gasteiger partial charge in [-0.2, -0.15) is 0 Å². The lowest BCUT2D eigenvalue weighted by Gasteiger charge is -2.10. The van der Waals surface area contributed by atoms with E-state index in [1.807, 2.05) is 12.1 Å². The van der Waals surface area contributed by atoms with Crippen molar-refractivity contribution in [2.24, 2.45) is 0 Å². The smallest absolute Gasteiger partial charge is 0.225 e. The van der Waals surface area contributed by atoms with Gasteiger partial charge in [0.15, 0.2) is 0 Å². The topological polar surface area (TPSA) is 44.4 Å². The SMILES string of the molecule is CC(C)c1ccc(NC(=O)CCNCCCN(C)C)cc1. The van der Waals surface area contributed by atoms with Crippen molar-refractivity contribution in [2.75, 3.05) is 39.0 Å². The second kappa shape index (κ2) is 9.53. The second-order valence-electron chi connectivity index (χ2n) is 5.98. The molecule has 1 amide bonds. The van der Waals surface area contributed by atoms with Crippen LogP contribution >= 0.6 is 0 Å². The van der Waals surface area contributed by atoms with Crippen molar-refractivity contribution in [1.29, 1.82) is 0 Å². The van der Waals surface area contributed by atoms with E-state index in [1.165, 1.54) is 5.56 Å². The summed E-state index contributed by atoms with van der Waals surface area (Å²) >= 11 is 0. The average Bonchev–Trinajstić information content (AvgIpc) is 2.43. The average molecular weight is 291 g/mol. The highest BCUT2D eigenvalue weighted by atomic mass is 16.1. The molecule has 0 aliphatic heterocycles. The molecule has 1 aromatic carbocycles. The van der Waals surface area contributed by atoms with Gasteiger partial charge in [0.2, 0.25) is 5.91 Å². The molecule has 0 bridgehead atoms. The second-order valence-corrected chi connectivity index (χ2v) is 5.98. The first-order valence-corrected chi connectivity index (χ1v) is 7.74. The number of carbonyl (C=O) groups is 1. The fourth-order valence-corrected chi connectivity index (χ4v) is 2.02. The van der Waals surface area contributed by atoms with Crippen molar-refractivity contribution in [3.63, 3.8) is 0 Å². The molecule has 118 valence electrons. The molecule has 0 spiro atoms. The maximum atomic E-state index is 11.8. The first-order chi connectivity index (χ1) is 9.99. The summed E-state index contributed by atoms with van der Waals surface area (Å²) in [7, 11) is 4.13. The minimum atomic E-state index is 0.0624. The van der Waals surface area contributed by atoms with Gasteiger partial charge in [-0.15, -0.1) is 0 Å². The number of anilines is 1. The van der Waals surface area contributed by atoms with Gasteiger partial charge in [-0.3, -0.25) is 4.79 Å². The van der Waals surface area contributed by atoms with Crippen molar-refractivity contribution in [3.8, 4) is 0 Å². The summed E-state index contributed by atoms with van der Waals surface area (Å²) in [6, 6.07) is 8.08. The van der Waals surface area contributed by atoms with E-state index in [0.29, 0.717) is 12.3 Å². The Morgan fingerprint density at radius 2 is 1.81 bits per heavy atom. The van der Waals surface area contributed by atoms with Crippen LogP contribution in [-0.2, 0) is 4.79 Å². The van der Waals surface area contributed by atoms with Crippen LogP contribution in [0, 0.1) is 0 Å². The molecule has 0 aromatic heterocycles. The van der Waals surface area contributed by atoms with Crippen LogP contribution in [0.1, 0.15) is 38.2 Å². The summed E-state index contributed by atoms with van der Waals surface area (Å²) < 4.78 is 0. The molecule has 0 unspecified atom stereocenters. The van der Waals surface area contributed by atoms with E-state index in [0.717, 1.165) is 31.7 Å². The molecule has 4 heteroatoms. The lowest BCUT2D eigenvalue weighted by molar-refractivity contribution is -0.116. The fourth-order valence-electron chi connectivity index (χ4n) is 2.02. The van der Waals surface area contributed by atoms with E-state index >= 15 is 0 Å². The van der Waals surface area contributed by atoms with E-state index in [-0.39, 0.29) is 5.91 Å². The minimum absolute atomic E-state index is 0.0624. The molecule has 0 radical (unpaired) electrons. The van der Waals surface area contributed by atoms with Crippen LogP contribution in [0.2, 0.25) is 0 Å². The first kappa shape index (κ1) is 17.7. The van der Waals surface area contributed by atoms with Gasteiger partial charge in [-0.05, 0) is 57.2 Å². The molecular formula is C17H29N3O. The van der Waals surface area contributed by atoms with Crippen molar-refractivity contribution >= 4 is 11.6 Å². The maximum absolute atomic E-state index is 11.8. The Hall–Kier alpha value is -1.39. The normalized spacial score (nSPS) is 11.1. The highest BCUT2D eigenvalue weighted by Crippen LogP contribution is 2.17. The Morgan fingerprint density at radius 1 is 1.14 bits per heavy atom. The Labute approximate surface area is 128 Å². The molecule has 0 heterocycles. The zero-order chi connectivity index (χ0) is 15.7. The number of nitrogens with zero attached hydrogens (tertiary/aromatic N) is 1. The number of carbonyl (C=O) groups excluding carboxylic acids is 1. The largest absolute Gasteiger partial charge is 0.326 e. The number of hydrogen-bond donors (Lipinski definition) is 2. The van der Waals surface area contributed by atoms with E-state index in [2.05, 4.69) is 55.6 Å². The summed E-state index contributed by atoms with van der Waals surface area (Å²) in [5, 5.41) is 6.22. The van der Waals surface area contributed by atoms with Crippen molar-refractivity contribution in [2.45, 2.75) is 32.6 Å². The predicted octanol–water partition coefficient (Wildman–Crippen LogP) is 2.68. The van der Waals surface area contributed by atoms with Crippen LogP contribution in [0.15, 0.2) is 24.3 Å². The number of nitrogens with one attached hydrogen (secondary N) is 2. The summed E-state index contributed by atoms with van der Waals surface area (Å²) in [6.45, 7) is 7.07. The summed E-state index contributed by atoms with van der Waals surface area (Å²) in [5.41, 5.74) is 2.16. The lowest BCUT2D eigenvalue weighted by Crippen LogP contribution is -2.25. The third-order valence-corrected chi connectivity index (χ3v) is 3.35. The Morgan fingerprint density at radius 3 is 2.38 bits per heavy atom. The Kier molecular flexibility index (Phi) is 8.01. The number of hydrogen-bond acceptors (Lipinski definition) is 3. The van der Waals surface area contributed by atoms with Gasteiger partial charge >= 0.3 is 0 Å². The quantitative estimate of drug-likeness (QED) is 0.688. The molecule has 21 heavy (non-hydrogen) atoms. The summed E-state index contributed by atoms with van der Waals surface area (Å²) in [6.07, 6.45) is 1.61. The summed E-state index contributed by atoms with van der Waals surface area (Å²) in [4.78, 5) is 14.0. The van der Waals surface area contributed by atoms with Crippen LogP contribution in [-0.4, -0.2) is 44.5 Å². The zero-order valence-corrected chi connectivity index (χ0v) is 13.8. The standard InChI is InChI=1S/C17H29N3O/c1-14(2)15-6-8-16(9-7-15)19-17(21)10-12-18-11-5-13-20(3)4/h6-9,14,18H,5,10-13H2,1-4H3,(H,19,21). The highest BCUT2D eigenvalue weighted by Gasteiger charge is 2.03. The fraction of sp³-hybridized carbons (Fsp3) is 0.588. The first-order valence-electron chi connectivity index (χ1n) is 7.74. The molecule has 0 saturated carbocycles. The molecule has 0 saturated heterocycles. The van der Waals surface area contributed by atoms with Crippen molar-refractivity contribution in [3.05, 3.63) is 29.8 Å². The molecule has 0 aliphatic carbocycles. The zero-order valence-electron chi connectivity index (χ0n) is 13.8.